The predicted molar refractivity (Wildman–Crippen MR) is 160 cm³/mol. The van der Waals surface area contributed by atoms with Crippen LogP contribution in [-0.4, -0.2) is 73.7 Å². The maximum Gasteiger partial charge on any atom is 0.262 e. The molecule has 3 amide bonds. The van der Waals surface area contributed by atoms with Crippen molar-refractivity contribution >= 4 is 72.4 Å². The zero-order chi connectivity index (χ0) is 29.5. The van der Waals surface area contributed by atoms with Gasteiger partial charge in [0, 0.05) is 22.8 Å². The molecule has 0 aliphatic carbocycles. The predicted octanol–water partition coefficient (Wildman–Crippen LogP) is 4.14. The molecule has 0 spiro atoms. The van der Waals surface area contributed by atoms with Gasteiger partial charge in [-0.1, -0.05) is 55.2 Å². The largest absolute Gasteiger partial charge is 0.340 e. The van der Waals surface area contributed by atoms with Gasteiger partial charge in [-0.3, -0.25) is 14.4 Å². The van der Waals surface area contributed by atoms with Crippen molar-refractivity contribution in [3.8, 4) is 0 Å². The van der Waals surface area contributed by atoms with Crippen molar-refractivity contribution in [2.24, 2.45) is 5.92 Å². The third-order valence-corrected chi connectivity index (χ3v) is 10.6. The van der Waals surface area contributed by atoms with E-state index in [0.29, 0.717) is 35.8 Å². The summed E-state index contributed by atoms with van der Waals surface area (Å²) in [5.74, 6) is -0.646. The molecule has 2 aromatic carbocycles. The summed E-state index contributed by atoms with van der Waals surface area (Å²) in [5, 5.41) is 4.20. The van der Waals surface area contributed by atoms with Crippen LogP contribution in [0.5, 0.6) is 0 Å². The zero-order valence-corrected chi connectivity index (χ0v) is 25.6. The molecule has 2 aliphatic heterocycles. The zero-order valence-electron chi connectivity index (χ0n) is 22.5. The standard InChI is InChI=1S/C28H30Cl2N4O5S2/c1-16(2)9-22(32-27(36)24-10-17-5-3-4-6-23(17)40-24)28(37)34-15-19-12-20(34)14-33(19)26(35)13-31-41(38,39)25-8-7-18(29)11-21(25)30/h3-8,10-11,16,19-20,22,31H,9,12-15H2,1-2H3,(H,32,36)/t19-,20-,22+/m0/s1. The van der Waals surface area contributed by atoms with Gasteiger partial charge < -0.3 is 15.1 Å². The molecule has 0 saturated carbocycles. The van der Waals surface area contributed by atoms with Crippen molar-refractivity contribution in [1.82, 2.24) is 19.8 Å². The first-order valence-electron chi connectivity index (χ1n) is 13.3. The normalized spacial score (nSPS) is 19.2. The molecule has 13 heteroatoms. The fourth-order valence-corrected chi connectivity index (χ4v) is 8.20. The fraction of sp³-hybridized carbons (Fsp3) is 0.393. The third-order valence-electron chi connectivity index (χ3n) is 7.40. The molecule has 1 aromatic heterocycles. The first kappa shape index (κ1) is 29.8. The van der Waals surface area contributed by atoms with Crippen LogP contribution in [0.25, 0.3) is 10.1 Å². The highest BCUT2D eigenvalue weighted by Crippen LogP contribution is 2.32. The SMILES string of the molecule is CC(C)C[C@@H](NC(=O)c1cc2ccccc2s1)C(=O)N1C[C@@H]2C[C@H]1CN2C(=O)CNS(=O)(=O)c1ccc(Cl)cc1Cl. The Morgan fingerprint density at radius 1 is 1.02 bits per heavy atom. The second-order valence-corrected chi connectivity index (χ2v) is 14.4. The summed E-state index contributed by atoms with van der Waals surface area (Å²) in [5.41, 5.74) is 0. The molecule has 2 aliphatic rings. The van der Waals surface area contributed by atoms with Gasteiger partial charge in [-0.2, -0.15) is 0 Å². The van der Waals surface area contributed by atoms with Crippen LogP contribution in [0.1, 0.15) is 36.4 Å². The fourth-order valence-electron chi connectivity index (χ4n) is 5.49. The summed E-state index contributed by atoms with van der Waals surface area (Å²) in [6, 6.07) is 12.5. The number of hydrogen-bond donors (Lipinski definition) is 2. The maximum absolute atomic E-state index is 13.7. The van der Waals surface area contributed by atoms with Crippen molar-refractivity contribution in [1.29, 1.82) is 0 Å². The van der Waals surface area contributed by atoms with E-state index >= 15 is 0 Å². The second kappa shape index (κ2) is 11.9. The Labute approximate surface area is 252 Å². The number of benzene rings is 2. The van der Waals surface area contributed by atoms with Crippen molar-refractivity contribution in [2.45, 2.75) is 49.7 Å². The first-order chi connectivity index (χ1) is 19.4. The van der Waals surface area contributed by atoms with Gasteiger partial charge in [-0.05, 0) is 54.5 Å². The summed E-state index contributed by atoms with van der Waals surface area (Å²) in [6.07, 6.45) is 1.09. The number of piperazine rings is 1. The monoisotopic (exact) mass is 636 g/mol. The van der Waals surface area contributed by atoms with Crippen LogP contribution < -0.4 is 10.0 Å². The quantitative estimate of drug-likeness (QED) is 0.366. The average molecular weight is 638 g/mol. The summed E-state index contributed by atoms with van der Waals surface area (Å²) >= 11 is 13.3. The minimum Gasteiger partial charge on any atom is -0.340 e. The molecule has 5 rings (SSSR count). The molecule has 2 N–H and O–H groups in total. The van der Waals surface area contributed by atoms with E-state index < -0.39 is 22.6 Å². The lowest BCUT2D eigenvalue weighted by Crippen LogP contribution is -2.57. The number of carbonyl (C=O) groups is 3. The lowest BCUT2D eigenvalue weighted by Gasteiger charge is -2.36. The molecule has 3 atom stereocenters. The number of thiophene rings is 1. The number of rotatable bonds is 9. The van der Waals surface area contributed by atoms with Gasteiger partial charge in [-0.15, -0.1) is 11.3 Å². The Morgan fingerprint density at radius 2 is 1.73 bits per heavy atom. The molecule has 9 nitrogen and oxygen atoms in total. The number of sulfonamides is 1. The molecule has 3 aromatic rings. The van der Waals surface area contributed by atoms with Gasteiger partial charge in [0.25, 0.3) is 5.91 Å². The molecule has 41 heavy (non-hydrogen) atoms. The van der Waals surface area contributed by atoms with Crippen LogP contribution in [0.2, 0.25) is 10.0 Å². The van der Waals surface area contributed by atoms with E-state index in [9.17, 15) is 22.8 Å². The van der Waals surface area contributed by atoms with E-state index in [0.717, 1.165) is 10.1 Å². The van der Waals surface area contributed by atoms with Gasteiger partial charge >= 0.3 is 0 Å². The van der Waals surface area contributed by atoms with E-state index in [1.807, 2.05) is 44.2 Å². The lowest BCUT2D eigenvalue weighted by atomic mass is 10.0. The van der Waals surface area contributed by atoms with Gasteiger partial charge in [-0.25, -0.2) is 13.1 Å². The third kappa shape index (κ3) is 6.39. The number of nitrogens with zero attached hydrogens (tertiary/aromatic N) is 2. The number of fused-ring (bicyclic) bond motifs is 3. The molecule has 2 saturated heterocycles. The van der Waals surface area contributed by atoms with Crippen LogP contribution in [0.15, 0.2) is 53.4 Å². The number of carbonyl (C=O) groups excluding carboxylic acids is 3. The topological polar surface area (TPSA) is 116 Å². The highest BCUT2D eigenvalue weighted by atomic mass is 35.5. The van der Waals surface area contributed by atoms with E-state index in [1.54, 1.807) is 9.80 Å². The molecule has 0 unspecified atom stereocenters. The van der Waals surface area contributed by atoms with Crippen molar-refractivity contribution in [2.75, 3.05) is 19.6 Å². The number of nitrogens with one attached hydrogen (secondary N) is 2. The Balaban J connectivity index is 1.20. The summed E-state index contributed by atoms with van der Waals surface area (Å²) in [4.78, 5) is 43.5. The van der Waals surface area contributed by atoms with Crippen LogP contribution in [0, 0.1) is 5.92 Å². The van der Waals surface area contributed by atoms with E-state index in [-0.39, 0.29) is 45.6 Å². The van der Waals surface area contributed by atoms with Crippen LogP contribution in [0.4, 0.5) is 0 Å². The van der Waals surface area contributed by atoms with E-state index in [1.165, 1.54) is 29.5 Å². The van der Waals surface area contributed by atoms with Crippen molar-refractivity contribution in [3.63, 3.8) is 0 Å². The van der Waals surface area contributed by atoms with Crippen LogP contribution >= 0.6 is 34.5 Å². The number of amides is 3. The number of halogens is 2. The average Bonchev–Trinajstić information content (AvgIpc) is 3.65. The Bertz CT molecular complexity index is 1580. The van der Waals surface area contributed by atoms with Gasteiger partial charge in [0.1, 0.15) is 10.9 Å². The summed E-state index contributed by atoms with van der Waals surface area (Å²) < 4.78 is 28.7. The highest BCUT2D eigenvalue weighted by Gasteiger charge is 2.48. The smallest absolute Gasteiger partial charge is 0.262 e. The van der Waals surface area contributed by atoms with Gasteiger partial charge in [0.15, 0.2) is 0 Å². The Hall–Kier alpha value is -2.70. The molecular weight excluding hydrogens is 607 g/mol. The molecule has 0 radical (unpaired) electrons. The highest BCUT2D eigenvalue weighted by molar-refractivity contribution is 7.89. The first-order valence-corrected chi connectivity index (χ1v) is 16.3. The molecule has 3 heterocycles. The van der Waals surface area contributed by atoms with Crippen molar-refractivity contribution < 1.29 is 22.8 Å². The minimum atomic E-state index is -4.03. The van der Waals surface area contributed by atoms with E-state index in [4.69, 9.17) is 23.2 Å². The Morgan fingerprint density at radius 3 is 2.39 bits per heavy atom. The molecule has 2 fully saturated rings. The molecule has 218 valence electrons. The molecular formula is C28H30Cl2N4O5S2. The summed E-state index contributed by atoms with van der Waals surface area (Å²) in [7, 11) is -4.03. The summed E-state index contributed by atoms with van der Waals surface area (Å²) in [6.45, 7) is 4.21. The van der Waals surface area contributed by atoms with E-state index in [2.05, 4.69) is 10.0 Å². The minimum absolute atomic E-state index is 0.0396. The van der Waals surface area contributed by atoms with Crippen molar-refractivity contribution in [3.05, 3.63) is 63.5 Å². The van der Waals surface area contributed by atoms with Crippen LogP contribution in [0.3, 0.4) is 0 Å². The second-order valence-electron chi connectivity index (χ2n) is 10.8. The maximum atomic E-state index is 13.7. The lowest BCUT2D eigenvalue weighted by molar-refractivity contribution is -0.140. The van der Waals surface area contributed by atoms with Crippen LogP contribution in [-0.2, 0) is 19.6 Å². The number of likely N-dealkylation sites (tertiary alicyclic amines) is 2. The Kier molecular flexibility index (Phi) is 8.63. The van der Waals surface area contributed by atoms with Gasteiger partial charge in [0.05, 0.1) is 28.5 Å². The number of hydrogen-bond acceptors (Lipinski definition) is 6. The van der Waals surface area contributed by atoms with Gasteiger partial charge in [0.2, 0.25) is 21.8 Å². The molecule has 2 bridgehead atoms.